The van der Waals surface area contributed by atoms with Crippen molar-refractivity contribution < 1.29 is 14.1 Å². The maximum atomic E-state index is 12.0. The molecule has 0 unspecified atom stereocenters. The number of benzene rings is 1. The van der Waals surface area contributed by atoms with Crippen LogP contribution < -0.4 is 10.6 Å². The number of aryl methyl sites for hydroxylation is 1. The van der Waals surface area contributed by atoms with E-state index < -0.39 is 4.92 Å². The van der Waals surface area contributed by atoms with Crippen molar-refractivity contribution in [3.8, 4) is 0 Å². The number of nitro benzene ring substituents is 1. The van der Waals surface area contributed by atoms with Crippen LogP contribution in [0.1, 0.15) is 22.0 Å². The highest BCUT2D eigenvalue weighted by atomic mass is 16.6. The summed E-state index contributed by atoms with van der Waals surface area (Å²) in [5.74, 6) is 0.695. The Bertz CT molecular complexity index is 681. The zero-order valence-corrected chi connectivity index (χ0v) is 11.5. The summed E-state index contributed by atoms with van der Waals surface area (Å²) in [6, 6.07) is 4.11. The lowest BCUT2D eigenvalue weighted by molar-refractivity contribution is -0.383. The van der Waals surface area contributed by atoms with E-state index in [1.165, 1.54) is 18.2 Å². The van der Waals surface area contributed by atoms with E-state index in [0.717, 1.165) is 0 Å². The van der Waals surface area contributed by atoms with E-state index in [-0.39, 0.29) is 23.8 Å². The number of amides is 1. The summed E-state index contributed by atoms with van der Waals surface area (Å²) < 4.78 is 5.24. The third-order valence-electron chi connectivity index (χ3n) is 2.79. The number of carbonyl (C=O) groups is 1. The van der Waals surface area contributed by atoms with Gasteiger partial charge in [-0.1, -0.05) is 0 Å². The summed E-state index contributed by atoms with van der Waals surface area (Å²) in [4.78, 5) is 26.3. The van der Waals surface area contributed by atoms with Crippen molar-refractivity contribution in [2.24, 2.45) is 0 Å². The molecule has 1 aromatic heterocycles. The lowest BCUT2D eigenvalue weighted by Gasteiger charge is -2.06. The predicted octanol–water partition coefficient (Wildman–Crippen LogP) is 1.86. The van der Waals surface area contributed by atoms with Gasteiger partial charge in [0.1, 0.15) is 11.4 Å². The molecule has 2 rings (SSSR count). The Kier molecular flexibility index (Phi) is 4.17. The summed E-state index contributed by atoms with van der Waals surface area (Å²) in [6.07, 6.45) is 1.56. The fourth-order valence-electron chi connectivity index (χ4n) is 1.78. The lowest BCUT2D eigenvalue weighted by Crippen LogP contribution is -2.23. The average molecular weight is 290 g/mol. The van der Waals surface area contributed by atoms with E-state index in [9.17, 15) is 14.9 Å². The summed E-state index contributed by atoms with van der Waals surface area (Å²) in [5, 5.41) is 16.2. The van der Waals surface area contributed by atoms with Gasteiger partial charge in [0.05, 0.1) is 17.7 Å². The van der Waals surface area contributed by atoms with E-state index >= 15 is 0 Å². The van der Waals surface area contributed by atoms with Crippen molar-refractivity contribution in [1.29, 1.82) is 0 Å². The largest absolute Gasteiger partial charge is 0.444 e. The fourth-order valence-corrected chi connectivity index (χ4v) is 1.78. The Hall–Kier alpha value is -2.90. The van der Waals surface area contributed by atoms with E-state index in [1.807, 2.05) is 0 Å². The van der Waals surface area contributed by atoms with Crippen LogP contribution in [0.5, 0.6) is 0 Å². The van der Waals surface area contributed by atoms with Crippen molar-refractivity contribution in [1.82, 2.24) is 10.3 Å². The molecule has 8 nitrogen and oxygen atoms in total. The highest BCUT2D eigenvalue weighted by Gasteiger charge is 2.16. The van der Waals surface area contributed by atoms with Crippen LogP contribution in [0, 0.1) is 17.0 Å². The minimum absolute atomic E-state index is 0.0858. The third-order valence-corrected chi connectivity index (χ3v) is 2.79. The molecule has 0 saturated heterocycles. The molecule has 110 valence electrons. The van der Waals surface area contributed by atoms with Gasteiger partial charge in [-0.2, -0.15) is 0 Å². The minimum Gasteiger partial charge on any atom is -0.444 e. The normalized spacial score (nSPS) is 10.2. The predicted molar refractivity (Wildman–Crippen MR) is 75.1 cm³/mol. The van der Waals surface area contributed by atoms with Crippen LogP contribution in [-0.4, -0.2) is 22.9 Å². The molecule has 2 N–H and O–H groups in total. The van der Waals surface area contributed by atoms with Crippen LogP contribution in [0.3, 0.4) is 0 Å². The van der Waals surface area contributed by atoms with E-state index in [0.29, 0.717) is 17.2 Å². The first-order valence-electron chi connectivity index (χ1n) is 6.17. The minimum atomic E-state index is -0.511. The maximum Gasteiger partial charge on any atom is 0.292 e. The number of rotatable bonds is 5. The Morgan fingerprint density at radius 1 is 1.48 bits per heavy atom. The van der Waals surface area contributed by atoms with Gasteiger partial charge in [-0.25, -0.2) is 4.98 Å². The van der Waals surface area contributed by atoms with Crippen molar-refractivity contribution in [3.63, 3.8) is 0 Å². The van der Waals surface area contributed by atoms with Gasteiger partial charge in [0.15, 0.2) is 0 Å². The fraction of sp³-hybridized carbons (Fsp3) is 0.231. The van der Waals surface area contributed by atoms with Crippen LogP contribution in [0.15, 0.2) is 28.8 Å². The molecule has 0 saturated carbocycles. The molecule has 0 aliphatic rings. The lowest BCUT2D eigenvalue weighted by atomic mass is 10.1. The smallest absolute Gasteiger partial charge is 0.292 e. The molecule has 0 aliphatic carbocycles. The highest BCUT2D eigenvalue weighted by Crippen LogP contribution is 2.24. The molecule has 0 aliphatic heterocycles. The van der Waals surface area contributed by atoms with E-state index in [1.54, 1.807) is 20.2 Å². The van der Waals surface area contributed by atoms with Gasteiger partial charge in [0.2, 0.25) is 5.89 Å². The second kappa shape index (κ2) is 6.04. The molecule has 21 heavy (non-hydrogen) atoms. The molecule has 1 heterocycles. The molecule has 2 aromatic rings. The van der Waals surface area contributed by atoms with Crippen LogP contribution in [0.4, 0.5) is 11.4 Å². The van der Waals surface area contributed by atoms with Gasteiger partial charge in [0.25, 0.3) is 11.6 Å². The molecular formula is C13H14N4O4. The molecule has 0 fully saturated rings. The monoisotopic (exact) mass is 290 g/mol. The quantitative estimate of drug-likeness (QED) is 0.642. The third kappa shape index (κ3) is 3.35. The van der Waals surface area contributed by atoms with E-state index in [2.05, 4.69) is 15.6 Å². The second-order valence-corrected chi connectivity index (χ2v) is 4.29. The number of oxazole rings is 1. The van der Waals surface area contributed by atoms with Crippen molar-refractivity contribution >= 4 is 17.3 Å². The summed E-state index contributed by atoms with van der Waals surface area (Å²) in [5.41, 5.74) is 0.505. The van der Waals surface area contributed by atoms with Crippen molar-refractivity contribution in [3.05, 3.63) is 51.7 Å². The number of hydrogen-bond acceptors (Lipinski definition) is 6. The SMILES string of the molecule is CNc1cc(C(=O)NCc2ncc(C)o2)ccc1[N+](=O)[O-]. The first kappa shape index (κ1) is 14.5. The Balaban J connectivity index is 2.10. The Labute approximate surface area is 120 Å². The summed E-state index contributed by atoms with van der Waals surface area (Å²) in [7, 11) is 1.56. The first-order valence-corrected chi connectivity index (χ1v) is 6.17. The Morgan fingerprint density at radius 2 is 2.24 bits per heavy atom. The zero-order chi connectivity index (χ0) is 15.4. The van der Waals surface area contributed by atoms with Gasteiger partial charge in [-0.05, 0) is 19.1 Å². The van der Waals surface area contributed by atoms with Crippen LogP contribution in [0.2, 0.25) is 0 Å². The first-order chi connectivity index (χ1) is 10.0. The summed E-state index contributed by atoms with van der Waals surface area (Å²) >= 11 is 0. The molecular weight excluding hydrogens is 276 g/mol. The number of nitrogens with zero attached hydrogens (tertiary/aromatic N) is 2. The molecule has 0 spiro atoms. The van der Waals surface area contributed by atoms with Gasteiger partial charge < -0.3 is 15.1 Å². The maximum absolute atomic E-state index is 12.0. The van der Waals surface area contributed by atoms with Gasteiger partial charge in [0, 0.05) is 18.7 Å². The molecule has 0 bridgehead atoms. The molecule has 8 heteroatoms. The number of nitro groups is 1. The highest BCUT2D eigenvalue weighted by molar-refractivity contribution is 5.95. The number of carbonyl (C=O) groups excluding carboxylic acids is 1. The van der Waals surface area contributed by atoms with Crippen LogP contribution in [-0.2, 0) is 6.54 Å². The number of aromatic nitrogens is 1. The van der Waals surface area contributed by atoms with Gasteiger partial charge in [-0.3, -0.25) is 14.9 Å². The topological polar surface area (TPSA) is 110 Å². The van der Waals surface area contributed by atoms with Crippen molar-refractivity contribution in [2.45, 2.75) is 13.5 Å². The molecule has 0 atom stereocenters. The molecule has 0 radical (unpaired) electrons. The van der Waals surface area contributed by atoms with Crippen molar-refractivity contribution in [2.75, 3.05) is 12.4 Å². The number of hydrogen-bond donors (Lipinski definition) is 2. The summed E-state index contributed by atoms with van der Waals surface area (Å²) in [6.45, 7) is 1.91. The van der Waals surface area contributed by atoms with Crippen LogP contribution >= 0.6 is 0 Å². The standard InChI is InChI=1S/C13H14N4O4/c1-8-6-15-12(21-8)7-16-13(18)9-3-4-11(17(19)20)10(5-9)14-2/h3-6,14H,7H2,1-2H3,(H,16,18). The second-order valence-electron chi connectivity index (χ2n) is 4.29. The average Bonchev–Trinajstić information content (AvgIpc) is 2.89. The molecule has 1 amide bonds. The van der Waals surface area contributed by atoms with E-state index in [4.69, 9.17) is 4.42 Å². The molecule has 1 aromatic carbocycles. The van der Waals surface area contributed by atoms with Crippen LogP contribution in [0.25, 0.3) is 0 Å². The van der Waals surface area contributed by atoms with Gasteiger partial charge >= 0.3 is 0 Å². The van der Waals surface area contributed by atoms with Gasteiger partial charge in [-0.15, -0.1) is 0 Å². The zero-order valence-electron chi connectivity index (χ0n) is 11.5. The Morgan fingerprint density at radius 3 is 2.81 bits per heavy atom. The number of nitrogens with one attached hydrogen (secondary N) is 2. The number of anilines is 1.